The van der Waals surface area contributed by atoms with Crippen LogP contribution in [0.15, 0.2) is 0 Å². The minimum atomic E-state index is -4.31. The van der Waals surface area contributed by atoms with E-state index in [1.54, 1.807) is 0 Å². The molecule has 3 atom stereocenters. The summed E-state index contributed by atoms with van der Waals surface area (Å²) in [5, 5.41) is 14.0. The molecule has 0 aromatic heterocycles. The third-order valence-electron chi connectivity index (χ3n) is 11.9. The molecule has 0 aliphatic rings. The number of phosphoric ester groups is 1. The maximum absolute atomic E-state index is 12.9. The lowest BCUT2D eigenvalue weighted by molar-refractivity contribution is -0.870. The van der Waals surface area contributed by atoms with Crippen LogP contribution in [0.4, 0.5) is 0 Å². The lowest BCUT2D eigenvalue weighted by Crippen LogP contribution is -2.46. The summed E-state index contributed by atoms with van der Waals surface area (Å²) in [6, 6.07) is -0.753. The molecule has 0 spiro atoms. The van der Waals surface area contributed by atoms with Gasteiger partial charge in [-0.2, -0.15) is 0 Å². The average molecular weight is 846 g/mol. The molecule has 0 saturated heterocycles. The molecule has 0 radical (unpaired) electrons. The number of aliphatic hydroxyl groups is 1. The number of quaternary nitrogens is 1. The lowest BCUT2D eigenvalue weighted by Gasteiger charge is -2.26. The SMILES string of the molecule is CCCCCCCCCCCCCCCCCCCCCCCCCCC(=O)NC(COP(=O)(O)OCC[N+](C)(C)C)C(O)CCCCCCCCCCCCCC. The summed E-state index contributed by atoms with van der Waals surface area (Å²) in [4.78, 5) is 23.2. The van der Waals surface area contributed by atoms with Crippen molar-refractivity contribution in [3.63, 3.8) is 0 Å². The van der Waals surface area contributed by atoms with Gasteiger partial charge in [0.25, 0.3) is 0 Å². The topological polar surface area (TPSA) is 105 Å². The van der Waals surface area contributed by atoms with E-state index >= 15 is 0 Å². The highest BCUT2D eigenvalue weighted by molar-refractivity contribution is 7.47. The standard InChI is InChI=1S/C49H101N2O6P/c1-6-8-10-12-14-16-18-20-21-22-23-24-25-26-27-28-29-30-31-33-35-37-39-41-43-49(53)50-47(46-57-58(54,55)56-45-44-51(3,4)5)48(52)42-40-38-36-34-32-19-17-15-13-11-9-7-2/h47-48,52H,6-46H2,1-5H3,(H-,50,53,54,55)/p+1. The smallest absolute Gasteiger partial charge is 0.391 e. The van der Waals surface area contributed by atoms with E-state index < -0.39 is 20.0 Å². The maximum atomic E-state index is 12.9. The second-order valence-electron chi connectivity index (χ2n) is 18.9. The molecule has 3 unspecified atom stereocenters. The van der Waals surface area contributed by atoms with Gasteiger partial charge in [-0.1, -0.05) is 239 Å². The molecular weight excluding hydrogens is 744 g/mol. The van der Waals surface area contributed by atoms with Crippen molar-refractivity contribution in [3.8, 4) is 0 Å². The Morgan fingerprint density at radius 1 is 0.517 bits per heavy atom. The molecular formula is C49H102N2O6P+. The molecule has 0 heterocycles. The summed E-state index contributed by atoms with van der Waals surface area (Å²) in [5.41, 5.74) is 0. The number of unbranched alkanes of at least 4 members (excludes halogenated alkanes) is 34. The van der Waals surface area contributed by atoms with Crippen molar-refractivity contribution in [2.24, 2.45) is 0 Å². The number of likely N-dealkylation sites (N-methyl/N-ethyl adjacent to an activating group) is 1. The zero-order valence-electron chi connectivity index (χ0n) is 39.6. The van der Waals surface area contributed by atoms with Crippen LogP contribution in [0.1, 0.15) is 258 Å². The van der Waals surface area contributed by atoms with E-state index in [1.807, 2.05) is 21.1 Å². The molecule has 9 heteroatoms. The van der Waals surface area contributed by atoms with Gasteiger partial charge in [0.05, 0.1) is 39.9 Å². The Kier molecular flexibility index (Phi) is 41.5. The van der Waals surface area contributed by atoms with Gasteiger partial charge in [-0.3, -0.25) is 13.8 Å². The van der Waals surface area contributed by atoms with Crippen molar-refractivity contribution in [1.29, 1.82) is 0 Å². The van der Waals surface area contributed by atoms with Crippen molar-refractivity contribution in [1.82, 2.24) is 5.32 Å². The second-order valence-corrected chi connectivity index (χ2v) is 20.4. The average Bonchev–Trinajstić information content (AvgIpc) is 3.17. The summed E-state index contributed by atoms with van der Waals surface area (Å²) in [7, 11) is 1.63. The predicted octanol–water partition coefficient (Wildman–Crippen LogP) is 14.5. The third-order valence-corrected chi connectivity index (χ3v) is 12.8. The first-order valence-electron chi connectivity index (χ1n) is 25.4. The van der Waals surface area contributed by atoms with Gasteiger partial charge in [0.15, 0.2) is 0 Å². The molecule has 0 bridgehead atoms. The first-order valence-corrected chi connectivity index (χ1v) is 26.9. The second kappa shape index (κ2) is 41.8. The summed E-state index contributed by atoms with van der Waals surface area (Å²) in [6.07, 6.45) is 47.1. The molecule has 1 amide bonds. The Bertz CT molecular complexity index is 916. The van der Waals surface area contributed by atoms with Gasteiger partial charge in [0.1, 0.15) is 13.2 Å². The summed E-state index contributed by atoms with van der Waals surface area (Å²) >= 11 is 0. The van der Waals surface area contributed by atoms with Crippen molar-refractivity contribution in [3.05, 3.63) is 0 Å². The third kappa shape index (κ3) is 43.6. The molecule has 58 heavy (non-hydrogen) atoms. The number of aliphatic hydroxyl groups excluding tert-OH is 1. The van der Waals surface area contributed by atoms with E-state index in [0.29, 0.717) is 23.9 Å². The Morgan fingerprint density at radius 3 is 1.16 bits per heavy atom. The quantitative estimate of drug-likeness (QED) is 0.0320. The number of nitrogens with one attached hydrogen (secondary N) is 1. The van der Waals surface area contributed by atoms with Crippen LogP contribution >= 0.6 is 7.82 Å². The number of nitrogens with zero attached hydrogens (tertiary/aromatic N) is 1. The Labute approximate surface area is 361 Å². The fourth-order valence-electron chi connectivity index (χ4n) is 7.81. The minimum absolute atomic E-state index is 0.0786. The number of carbonyl (C=O) groups excluding carboxylic acids is 1. The van der Waals surface area contributed by atoms with Crippen molar-refractivity contribution in [2.45, 2.75) is 270 Å². The van der Waals surface area contributed by atoms with Gasteiger partial charge in [-0.15, -0.1) is 0 Å². The van der Waals surface area contributed by atoms with E-state index in [2.05, 4.69) is 19.2 Å². The monoisotopic (exact) mass is 846 g/mol. The number of carbonyl (C=O) groups is 1. The summed E-state index contributed by atoms with van der Waals surface area (Å²) in [6.45, 7) is 4.92. The number of rotatable bonds is 47. The molecule has 0 saturated carbocycles. The molecule has 348 valence electrons. The van der Waals surface area contributed by atoms with Crippen LogP contribution in [0.3, 0.4) is 0 Å². The van der Waals surface area contributed by atoms with Gasteiger partial charge in [-0.05, 0) is 12.8 Å². The Hall–Kier alpha value is -0.500. The number of amides is 1. The van der Waals surface area contributed by atoms with Crippen LogP contribution in [0.25, 0.3) is 0 Å². The number of phosphoric acid groups is 1. The number of hydrogen-bond donors (Lipinski definition) is 3. The highest BCUT2D eigenvalue weighted by Gasteiger charge is 2.28. The van der Waals surface area contributed by atoms with E-state index in [9.17, 15) is 19.4 Å². The Balaban J connectivity index is 4.11. The molecule has 0 aromatic carbocycles. The van der Waals surface area contributed by atoms with E-state index in [4.69, 9.17) is 9.05 Å². The van der Waals surface area contributed by atoms with Crippen LogP contribution in [0.5, 0.6) is 0 Å². The fourth-order valence-corrected chi connectivity index (χ4v) is 8.55. The van der Waals surface area contributed by atoms with Gasteiger partial charge >= 0.3 is 7.82 Å². The summed E-state index contributed by atoms with van der Waals surface area (Å²) < 4.78 is 23.7. The first-order chi connectivity index (χ1) is 28.0. The van der Waals surface area contributed by atoms with Crippen molar-refractivity contribution < 1.29 is 32.9 Å². The highest BCUT2D eigenvalue weighted by Crippen LogP contribution is 2.43. The highest BCUT2D eigenvalue weighted by atomic mass is 31.2. The van der Waals surface area contributed by atoms with Crippen molar-refractivity contribution >= 4 is 13.7 Å². The lowest BCUT2D eigenvalue weighted by atomic mass is 10.0. The van der Waals surface area contributed by atoms with Crippen LogP contribution in [0.2, 0.25) is 0 Å². The first kappa shape index (κ1) is 57.5. The van der Waals surface area contributed by atoms with Crippen LogP contribution < -0.4 is 5.32 Å². The molecule has 0 aliphatic carbocycles. The normalized spacial score (nSPS) is 14.1. The zero-order valence-corrected chi connectivity index (χ0v) is 40.5. The molecule has 3 N–H and O–H groups in total. The molecule has 0 rings (SSSR count). The van der Waals surface area contributed by atoms with Gasteiger partial charge < -0.3 is 19.8 Å². The molecule has 0 aromatic rings. The predicted molar refractivity (Wildman–Crippen MR) is 249 cm³/mol. The van der Waals surface area contributed by atoms with E-state index in [-0.39, 0.29) is 19.1 Å². The van der Waals surface area contributed by atoms with Gasteiger partial charge in [0, 0.05) is 6.42 Å². The van der Waals surface area contributed by atoms with Gasteiger partial charge in [0.2, 0.25) is 5.91 Å². The number of hydrogen-bond acceptors (Lipinski definition) is 5. The molecule has 0 fully saturated rings. The van der Waals surface area contributed by atoms with Gasteiger partial charge in [-0.25, -0.2) is 4.57 Å². The molecule has 8 nitrogen and oxygen atoms in total. The summed E-state index contributed by atoms with van der Waals surface area (Å²) in [5.74, 6) is -0.139. The largest absolute Gasteiger partial charge is 0.472 e. The van der Waals surface area contributed by atoms with Crippen LogP contribution in [0, 0.1) is 0 Å². The van der Waals surface area contributed by atoms with E-state index in [1.165, 1.54) is 193 Å². The fraction of sp³-hybridized carbons (Fsp3) is 0.980. The van der Waals surface area contributed by atoms with E-state index in [0.717, 1.165) is 38.5 Å². The van der Waals surface area contributed by atoms with Crippen LogP contribution in [-0.4, -0.2) is 73.4 Å². The van der Waals surface area contributed by atoms with Crippen LogP contribution in [-0.2, 0) is 18.4 Å². The maximum Gasteiger partial charge on any atom is 0.472 e. The van der Waals surface area contributed by atoms with Crippen molar-refractivity contribution in [2.75, 3.05) is 40.9 Å². The zero-order chi connectivity index (χ0) is 42.8. The minimum Gasteiger partial charge on any atom is -0.391 e. The Morgan fingerprint density at radius 2 is 0.828 bits per heavy atom. The molecule has 0 aliphatic heterocycles.